The molecular weight excluding hydrogens is 378 g/mol. The number of carbonyl (C=O) groups is 1. The quantitative estimate of drug-likeness (QED) is 0.631. The Kier molecular flexibility index (Phi) is 7.14. The van der Waals surface area contributed by atoms with Gasteiger partial charge in [-0.15, -0.1) is 0 Å². The van der Waals surface area contributed by atoms with Crippen molar-refractivity contribution in [3.05, 3.63) is 58.6 Å². The van der Waals surface area contributed by atoms with Gasteiger partial charge in [-0.3, -0.25) is 10.2 Å². The van der Waals surface area contributed by atoms with E-state index in [1.54, 1.807) is 0 Å². The van der Waals surface area contributed by atoms with E-state index < -0.39 is 0 Å². The number of ether oxygens (including phenoxy) is 2. The predicted molar refractivity (Wildman–Crippen MR) is 109 cm³/mol. The number of carbonyl (C=O) groups excluding carboxylic acids is 1. The highest BCUT2D eigenvalue weighted by Gasteiger charge is 2.34. The molecule has 6 nitrogen and oxygen atoms in total. The normalized spacial score (nSPS) is 18.7. The maximum Gasteiger partial charge on any atom is 0.226 e. The number of halogens is 1. The molecule has 0 radical (unpaired) electrons. The Morgan fingerprint density at radius 2 is 2.00 bits per heavy atom. The van der Waals surface area contributed by atoms with Crippen LogP contribution in [0.25, 0.3) is 0 Å². The van der Waals surface area contributed by atoms with E-state index >= 15 is 0 Å². The van der Waals surface area contributed by atoms with E-state index in [1.165, 1.54) is 0 Å². The second-order valence-electron chi connectivity index (χ2n) is 6.53. The lowest BCUT2D eigenvalue weighted by molar-refractivity contribution is -0.125. The van der Waals surface area contributed by atoms with Crippen LogP contribution < -0.4 is 25.6 Å². The summed E-state index contributed by atoms with van der Waals surface area (Å²) in [5.74, 6) is 1.19. The summed E-state index contributed by atoms with van der Waals surface area (Å²) in [5.41, 5.74) is 8.20. The Balaban J connectivity index is 1.64. The van der Waals surface area contributed by atoms with E-state index in [0.29, 0.717) is 37.1 Å². The zero-order valence-corrected chi connectivity index (χ0v) is 16.9. The maximum atomic E-state index is 12.8. The molecule has 2 aromatic carbocycles. The van der Waals surface area contributed by atoms with Crippen LogP contribution in [0.15, 0.2) is 42.5 Å². The Labute approximate surface area is 170 Å². The number of nitrogens with one attached hydrogen (secondary N) is 3. The summed E-state index contributed by atoms with van der Waals surface area (Å²) in [6.45, 7) is 6.02. The Morgan fingerprint density at radius 1 is 1.18 bits per heavy atom. The number of hydrazine groups is 1. The number of benzene rings is 2. The summed E-state index contributed by atoms with van der Waals surface area (Å²) in [6.07, 6.45) is 0. The molecule has 0 bridgehead atoms. The first-order valence-electron chi connectivity index (χ1n) is 9.52. The SMILES string of the molecule is CCOc1cccc(CNC(=O)C2CNNC2c2ccc(OCC)c(Cl)c2)c1. The number of rotatable bonds is 8. The highest BCUT2D eigenvalue weighted by Crippen LogP contribution is 2.32. The highest BCUT2D eigenvalue weighted by atomic mass is 35.5. The van der Waals surface area contributed by atoms with Gasteiger partial charge in [0.15, 0.2) is 0 Å². The lowest BCUT2D eigenvalue weighted by Gasteiger charge is -2.19. The Bertz CT molecular complexity index is 815. The van der Waals surface area contributed by atoms with Crippen LogP contribution in [-0.2, 0) is 11.3 Å². The lowest BCUT2D eigenvalue weighted by Crippen LogP contribution is -2.34. The summed E-state index contributed by atoms with van der Waals surface area (Å²) in [5, 5.41) is 3.57. The lowest BCUT2D eigenvalue weighted by atomic mass is 9.94. The fourth-order valence-corrected chi connectivity index (χ4v) is 3.52. The zero-order valence-electron chi connectivity index (χ0n) is 16.1. The molecule has 150 valence electrons. The van der Waals surface area contributed by atoms with Crippen LogP contribution >= 0.6 is 11.6 Å². The van der Waals surface area contributed by atoms with Crippen molar-refractivity contribution >= 4 is 17.5 Å². The standard InChI is InChI=1S/C21H26ClN3O3/c1-3-27-16-7-5-6-14(10-16)12-23-21(26)17-13-24-25-20(17)15-8-9-19(28-4-2)18(22)11-15/h5-11,17,20,24-25H,3-4,12-13H2,1-2H3,(H,23,26). The van der Waals surface area contributed by atoms with E-state index in [9.17, 15) is 4.79 Å². The summed E-state index contributed by atoms with van der Waals surface area (Å²) in [4.78, 5) is 12.8. The predicted octanol–water partition coefficient (Wildman–Crippen LogP) is 3.22. The molecule has 0 saturated carbocycles. The third-order valence-corrected chi connectivity index (χ3v) is 4.91. The van der Waals surface area contributed by atoms with Crippen molar-refractivity contribution in [1.82, 2.24) is 16.2 Å². The van der Waals surface area contributed by atoms with Crippen molar-refractivity contribution in [2.24, 2.45) is 5.92 Å². The van der Waals surface area contributed by atoms with Crippen molar-refractivity contribution in [2.75, 3.05) is 19.8 Å². The van der Waals surface area contributed by atoms with E-state index in [1.807, 2.05) is 56.3 Å². The van der Waals surface area contributed by atoms with Crippen molar-refractivity contribution in [2.45, 2.75) is 26.4 Å². The molecule has 1 heterocycles. The van der Waals surface area contributed by atoms with Crippen molar-refractivity contribution in [1.29, 1.82) is 0 Å². The molecule has 3 N–H and O–H groups in total. The molecule has 0 spiro atoms. The molecule has 1 fully saturated rings. The minimum absolute atomic E-state index is 0.0191. The molecule has 0 aliphatic carbocycles. The minimum atomic E-state index is -0.246. The molecule has 1 saturated heterocycles. The van der Waals surface area contributed by atoms with Gasteiger partial charge in [0.1, 0.15) is 11.5 Å². The molecule has 2 unspecified atom stereocenters. The molecule has 3 rings (SSSR count). The zero-order chi connectivity index (χ0) is 19.9. The molecule has 1 aliphatic heterocycles. The monoisotopic (exact) mass is 403 g/mol. The van der Waals surface area contributed by atoms with E-state index in [-0.39, 0.29) is 17.9 Å². The van der Waals surface area contributed by atoms with Gasteiger partial charge in [-0.2, -0.15) is 0 Å². The maximum absolute atomic E-state index is 12.8. The van der Waals surface area contributed by atoms with Gasteiger partial charge < -0.3 is 14.8 Å². The summed E-state index contributed by atoms with van der Waals surface area (Å²) >= 11 is 6.31. The van der Waals surface area contributed by atoms with Crippen molar-refractivity contribution < 1.29 is 14.3 Å². The van der Waals surface area contributed by atoms with Gasteiger partial charge in [0, 0.05) is 13.1 Å². The Morgan fingerprint density at radius 3 is 2.75 bits per heavy atom. The van der Waals surface area contributed by atoms with Crippen LogP contribution in [0.4, 0.5) is 0 Å². The largest absolute Gasteiger partial charge is 0.494 e. The third-order valence-electron chi connectivity index (χ3n) is 4.61. The molecular formula is C21H26ClN3O3. The van der Waals surface area contributed by atoms with Crippen LogP contribution in [0.3, 0.4) is 0 Å². The molecule has 1 aliphatic rings. The van der Waals surface area contributed by atoms with Gasteiger partial charge in [-0.25, -0.2) is 5.43 Å². The molecule has 2 atom stereocenters. The first kappa shape index (κ1) is 20.5. The summed E-state index contributed by atoms with van der Waals surface area (Å²) < 4.78 is 11.0. The number of hydrogen-bond donors (Lipinski definition) is 3. The van der Waals surface area contributed by atoms with Crippen LogP contribution in [0.5, 0.6) is 11.5 Å². The molecule has 28 heavy (non-hydrogen) atoms. The fourth-order valence-electron chi connectivity index (χ4n) is 3.27. The first-order valence-corrected chi connectivity index (χ1v) is 9.90. The van der Waals surface area contributed by atoms with Crippen LogP contribution in [0.1, 0.15) is 31.0 Å². The first-order chi connectivity index (χ1) is 13.6. The molecule has 2 aromatic rings. The summed E-state index contributed by atoms with van der Waals surface area (Å²) in [7, 11) is 0. The smallest absolute Gasteiger partial charge is 0.226 e. The van der Waals surface area contributed by atoms with Gasteiger partial charge in [0.2, 0.25) is 5.91 Å². The van der Waals surface area contributed by atoms with Crippen LogP contribution in [0.2, 0.25) is 5.02 Å². The van der Waals surface area contributed by atoms with Crippen LogP contribution in [0, 0.1) is 5.92 Å². The van der Waals surface area contributed by atoms with Crippen LogP contribution in [-0.4, -0.2) is 25.7 Å². The minimum Gasteiger partial charge on any atom is -0.494 e. The molecule has 7 heteroatoms. The van der Waals surface area contributed by atoms with E-state index in [4.69, 9.17) is 21.1 Å². The second-order valence-corrected chi connectivity index (χ2v) is 6.94. The van der Waals surface area contributed by atoms with Gasteiger partial charge in [-0.1, -0.05) is 29.8 Å². The Hall–Kier alpha value is -2.28. The van der Waals surface area contributed by atoms with E-state index in [0.717, 1.165) is 16.9 Å². The summed E-state index contributed by atoms with van der Waals surface area (Å²) in [6, 6.07) is 13.2. The number of hydrogen-bond acceptors (Lipinski definition) is 5. The molecule has 0 aromatic heterocycles. The van der Waals surface area contributed by atoms with E-state index in [2.05, 4.69) is 16.2 Å². The molecule has 1 amide bonds. The third kappa shape index (κ3) is 4.95. The van der Waals surface area contributed by atoms with Gasteiger partial charge in [0.05, 0.1) is 30.2 Å². The van der Waals surface area contributed by atoms with Crippen molar-refractivity contribution in [3.8, 4) is 11.5 Å². The topological polar surface area (TPSA) is 71.6 Å². The number of amides is 1. The fraction of sp³-hybridized carbons (Fsp3) is 0.381. The highest BCUT2D eigenvalue weighted by molar-refractivity contribution is 6.32. The van der Waals surface area contributed by atoms with Gasteiger partial charge >= 0.3 is 0 Å². The average Bonchev–Trinajstić information content (AvgIpc) is 3.18. The second kappa shape index (κ2) is 9.78. The van der Waals surface area contributed by atoms with Crippen molar-refractivity contribution in [3.63, 3.8) is 0 Å². The average molecular weight is 404 g/mol. The van der Waals surface area contributed by atoms with Gasteiger partial charge in [0.25, 0.3) is 0 Å². The van der Waals surface area contributed by atoms with Gasteiger partial charge in [-0.05, 0) is 49.2 Å².